The first kappa shape index (κ1) is 12.6. The Labute approximate surface area is 107 Å². The van der Waals surface area contributed by atoms with Gasteiger partial charge >= 0.3 is 0 Å². The van der Waals surface area contributed by atoms with E-state index < -0.39 is 6.10 Å². The van der Waals surface area contributed by atoms with Crippen LogP contribution in [-0.4, -0.2) is 14.9 Å². The molecule has 0 amide bonds. The minimum absolute atomic E-state index is 0.455. The van der Waals surface area contributed by atoms with Gasteiger partial charge in [-0.3, -0.25) is 4.68 Å². The lowest BCUT2D eigenvalue weighted by Gasteiger charge is -2.13. The summed E-state index contributed by atoms with van der Waals surface area (Å²) in [5.74, 6) is 0.730. The SMILES string of the molecule is Cc1ccc([C@@H](C)O)c(OCc2cnn(C)c2)c1. The highest BCUT2D eigenvalue weighted by Gasteiger charge is 2.09. The molecule has 96 valence electrons. The predicted octanol–water partition coefficient (Wildman–Crippen LogP) is 2.36. The van der Waals surface area contributed by atoms with Gasteiger partial charge in [0.25, 0.3) is 0 Å². The standard InChI is InChI=1S/C14H18N2O2/c1-10-4-5-13(11(2)17)14(6-10)18-9-12-7-15-16(3)8-12/h4-8,11,17H,9H2,1-3H3/t11-/m1/s1. The van der Waals surface area contributed by atoms with Crippen LogP contribution in [0.4, 0.5) is 0 Å². The fourth-order valence-corrected chi connectivity index (χ4v) is 1.82. The predicted molar refractivity (Wildman–Crippen MR) is 69.4 cm³/mol. The Balaban J connectivity index is 2.15. The maximum Gasteiger partial charge on any atom is 0.125 e. The highest BCUT2D eigenvalue weighted by Crippen LogP contribution is 2.26. The van der Waals surface area contributed by atoms with Crippen LogP contribution in [-0.2, 0) is 13.7 Å². The molecule has 0 spiro atoms. The number of nitrogens with zero attached hydrogens (tertiary/aromatic N) is 2. The van der Waals surface area contributed by atoms with Gasteiger partial charge in [-0.05, 0) is 25.5 Å². The monoisotopic (exact) mass is 246 g/mol. The third-order valence-corrected chi connectivity index (χ3v) is 2.77. The number of ether oxygens (including phenoxy) is 1. The highest BCUT2D eigenvalue weighted by atomic mass is 16.5. The number of hydrogen-bond acceptors (Lipinski definition) is 3. The van der Waals surface area contributed by atoms with Crippen molar-refractivity contribution in [2.45, 2.75) is 26.6 Å². The van der Waals surface area contributed by atoms with Crippen molar-refractivity contribution in [2.75, 3.05) is 0 Å². The molecule has 1 atom stereocenters. The molecule has 1 aromatic carbocycles. The summed E-state index contributed by atoms with van der Waals surface area (Å²) in [5.41, 5.74) is 2.93. The molecule has 0 bridgehead atoms. The highest BCUT2D eigenvalue weighted by molar-refractivity contribution is 5.38. The van der Waals surface area contributed by atoms with Crippen LogP contribution in [0.25, 0.3) is 0 Å². The van der Waals surface area contributed by atoms with Crippen LogP contribution < -0.4 is 4.74 Å². The van der Waals surface area contributed by atoms with Gasteiger partial charge in [0.1, 0.15) is 12.4 Å². The molecule has 0 aliphatic rings. The first-order chi connectivity index (χ1) is 8.56. The number of aromatic nitrogens is 2. The first-order valence-electron chi connectivity index (χ1n) is 5.95. The molecule has 2 aromatic rings. The quantitative estimate of drug-likeness (QED) is 0.900. The summed E-state index contributed by atoms with van der Waals surface area (Å²) in [4.78, 5) is 0. The molecule has 0 fully saturated rings. The fraction of sp³-hybridized carbons (Fsp3) is 0.357. The van der Waals surface area contributed by atoms with Crippen molar-refractivity contribution in [1.82, 2.24) is 9.78 Å². The van der Waals surface area contributed by atoms with Crippen molar-refractivity contribution < 1.29 is 9.84 Å². The maximum atomic E-state index is 9.70. The molecule has 0 aliphatic carbocycles. The molecule has 2 rings (SSSR count). The van der Waals surface area contributed by atoms with E-state index >= 15 is 0 Å². The third kappa shape index (κ3) is 2.90. The van der Waals surface area contributed by atoms with Crippen LogP contribution in [0.5, 0.6) is 5.75 Å². The third-order valence-electron chi connectivity index (χ3n) is 2.77. The van der Waals surface area contributed by atoms with Gasteiger partial charge in [-0.15, -0.1) is 0 Å². The molecule has 1 aromatic heterocycles. The Morgan fingerprint density at radius 3 is 2.83 bits per heavy atom. The van der Waals surface area contributed by atoms with Crippen molar-refractivity contribution in [3.63, 3.8) is 0 Å². The zero-order valence-corrected chi connectivity index (χ0v) is 10.9. The molecule has 4 heteroatoms. The van der Waals surface area contributed by atoms with Crippen LogP contribution in [0.1, 0.15) is 29.7 Å². The molecule has 0 radical (unpaired) electrons. The van der Waals surface area contributed by atoms with E-state index in [1.54, 1.807) is 17.8 Å². The summed E-state index contributed by atoms with van der Waals surface area (Å²) in [6.07, 6.45) is 3.16. The van der Waals surface area contributed by atoms with Crippen molar-refractivity contribution >= 4 is 0 Å². The molecule has 4 nitrogen and oxygen atoms in total. The Hall–Kier alpha value is -1.81. The largest absolute Gasteiger partial charge is 0.488 e. The van der Waals surface area contributed by atoms with E-state index in [4.69, 9.17) is 4.74 Å². The van der Waals surface area contributed by atoms with Crippen molar-refractivity contribution in [1.29, 1.82) is 0 Å². The van der Waals surface area contributed by atoms with E-state index in [1.165, 1.54) is 0 Å². The van der Waals surface area contributed by atoms with Gasteiger partial charge in [0.2, 0.25) is 0 Å². The van der Waals surface area contributed by atoms with Gasteiger partial charge in [-0.2, -0.15) is 5.10 Å². The summed E-state index contributed by atoms with van der Waals surface area (Å²) < 4.78 is 7.51. The Bertz CT molecular complexity index is 532. The van der Waals surface area contributed by atoms with E-state index in [2.05, 4.69) is 5.10 Å². The summed E-state index contributed by atoms with van der Waals surface area (Å²) in [7, 11) is 1.87. The molecule has 0 aliphatic heterocycles. The zero-order valence-electron chi connectivity index (χ0n) is 10.9. The van der Waals surface area contributed by atoms with Gasteiger partial charge in [-0.25, -0.2) is 0 Å². The van der Waals surface area contributed by atoms with Crippen molar-refractivity contribution in [3.8, 4) is 5.75 Å². The minimum Gasteiger partial charge on any atom is -0.488 e. The lowest BCUT2D eigenvalue weighted by atomic mass is 10.1. The molecule has 18 heavy (non-hydrogen) atoms. The Morgan fingerprint density at radius 1 is 1.44 bits per heavy atom. The molecule has 0 saturated heterocycles. The van der Waals surface area contributed by atoms with E-state index in [0.29, 0.717) is 6.61 Å². The second-order valence-electron chi connectivity index (χ2n) is 4.53. The van der Waals surface area contributed by atoms with Gasteiger partial charge in [0.15, 0.2) is 0 Å². The number of rotatable bonds is 4. The summed E-state index contributed by atoms with van der Waals surface area (Å²) in [5, 5.41) is 13.8. The number of hydrogen-bond donors (Lipinski definition) is 1. The second kappa shape index (κ2) is 5.23. The zero-order chi connectivity index (χ0) is 13.1. The van der Waals surface area contributed by atoms with Crippen LogP contribution in [0.3, 0.4) is 0 Å². The summed E-state index contributed by atoms with van der Waals surface area (Å²) in [6, 6.07) is 5.82. The number of aliphatic hydroxyl groups excluding tert-OH is 1. The topological polar surface area (TPSA) is 47.3 Å². The second-order valence-corrected chi connectivity index (χ2v) is 4.53. The molecule has 1 N–H and O–H groups in total. The van der Waals surface area contributed by atoms with E-state index in [1.807, 2.05) is 38.4 Å². The average molecular weight is 246 g/mol. The fourth-order valence-electron chi connectivity index (χ4n) is 1.82. The first-order valence-corrected chi connectivity index (χ1v) is 5.95. The van der Waals surface area contributed by atoms with Crippen LogP contribution in [0.2, 0.25) is 0 Å². The lowest BCUT2D eigenvalue weighted by molar-refractivity contribution is 0.190. The smallest absolute Gasteiger partial charge is 0.125 e. The molecular weight excluding hydrogens is 228 g/mol. The van der Waals surface area contributed by atoms with Crippen molar-refractivity contribution in [3.05, 3.63) is 47.3 Å². The van der Waals surface area contributed by atoms with Crippen LogP contribution in [0.15, 0.2) is 30.6 Å². The van der Waals surface area contributed by atoms with Crippen LogP contribution >= 0.6 is 0 Å². The summed E-state index contributed by atoms with van der Waals surface area (Å²) in [6.45, 7) is 4.20. The number of aryl methyl sites for hydroxylation is 2. The Kier molecular flexibility index (Phi) is 3.67. The number of benzene rings is 1. The summed E-state index contributed by atoms with van der Waals surface area (Å²) >= 11 is 0. The van der Waals surface area contributed by atoms with Crippen molar-refractivity contribution in [2.24, 2.45) is 7.05 Å². The Morgan fingerprint density at radius 2 is 2.22 bits per heavy atom. The number of aliphatic hydroxyl groups is 1. The van der Waals surface area contributed by atoms with Gasteiger partial charge in [0.05, 0.1) is 12.3 Å². The average Bonchev–Trinajstić information content (AvgIpc) is 2.72. The molecular formula is C14H18N2O2. The van der Waals surface area contributed by atoms with Gasteiger partial charge in [0, 0.05) is 24.4 Å². The lowest BCUT2D eigenvalue weighted by Crippen LogP contribution is -2.01. The van der Waals surface area contributed by atoms with E-state index in [9.17, 15) is 5.11 Å². The van der Waals surface area contributed by atoms with Crippen LogP contribution in [0, 0.1) is 6.92 Å². The van der Waals surface area contributed by atoms with E-state index in [-0.39, 0.29) is 0 Å². The van der Waals surface area contributed by atoms with Gasteiger partial charge < -0.3 is 9.84 Å². The molecule has 1 heterocycles. The minimum atomic E-state index is -0.533. The molecule has 0 unspecified atom stereocenters. The van der Waals surface area contributed by atoms with Gasteiger partial charge in [-0.1, -0.05) is 12.1 Å². The molecule has 0 saturated carbocycles. The van der Waals surface area contributed by atoms with E-state index in [0.717, 1.165) is 22.4 Å². The normalized spacial score (nSPS) is 12.4. The maximum absolute atomic E-state index is 9.70.